The van der Waals surface area contributed by atoms with Crippen molar-refractivity contribution in [3.05, 3.63) is 49.9 Å². The zero-order chi connectivity index (χ0) is 13.1. The maximum atomic E-state index is 11.9. The second-order valence-corrected chi connectivity index (χ2v) is 5.29. The molecule has 0 saturated heterocycles. The molecular weight excluding hydrogens is 291 g/mol. The number of pyridine rings is 1. The molecule has 2 aromatic heterocycles. The van der Waals surface area contributed by atoms with Crippen LogP contribution in [0, 0.1) is 6.92 Å². The van der Waals surface area contributed by atoms with Crippen molar-refractivity contribution in [3.8, 4) is 0 Å². The Bertz CT molecular complexity index is 583. The smallest absolute Gasteiger partial charge is 0.253 e. The number of thiophene rings is 1. The number of halogens is 2. The third-order valence-corrected chi connectivity index (χ3v) is 3.89. The molecule has 3 nitrogen and oxygen atoms in total. The molecule has 0 spiro atoms. The van der Waals surface area contributed by atoms with Gasteiger partial charge in [0.2, 0.25) is 0 Å². The van der Waals surface area contributed by atoms with Crippen LogP contribution in [0.5, 0.6) is 0 Å². The van der Waals surface area contributed by atoms with Gasteiger partial charge in [-0.3, -0.25) is 4.79 Å². The fraction of sp³-hybridized carbons (Fsp3) is 0.167. The third kappa shape index (κ3) is 3.02. The molecule has 0 aliphatic rings. The van der Waals surface area contributed by atoms with Crippen LogP contribution in [0.2, 0.25) is 10.2 Å². The predicted molar refractivity (Wildman–Crippen MR) is 74.5 cm³/mol. The van der Waals surface area contributed by atoms with E-state index in [1.807, 2.05) is 17.7 Å². The van der Waals surface area contributed by atoms with Crippen LogP contribution >= 0.6 is 34.5 Å². The first-order valence-corrected chi connectivity index (χ1v) is 6.88. The molecule has 18 heavy (non-hydrogen) atoms. The highest BCUT2D eigenvalue weighted by Gasteiger charge is 2.11. The van der Waals surface area contributed by atoms with E-state index in [-0.39, 0.29) is 11.1 Å². The minimum Gasteiger partial charge on any atom is -0.348 e. The summed E-state index contributed by atoms with van der Waals surface area (Å²) >= 11 is 13.3. The lowest BCUT2D eigenvalue weighted by Crippen LogP contribution is -2.23. The molecule has 2 heterocycles. The van der Waals surface area contributed by atoms with Gasteiger partial charge < -0.3 is 5.32 Å². The maximum Gasteiger partial charge on any atom is 0.253 e. The van der Waals surface area contributed by atoms with Gasteiger partial charge in [0.25, 0.3) is 5.91 Å². The molecule has 0 atom stereocenters. The molecule has 0 aromatic carbocycles. The third-order valence-electron chi connectivity index (χ3n) is 2.47. The Morgan fingerprint density at radius 2 is 2.22 bits per heavy atom. The van der Waals surface area contributed by atoms with Crippen LogP contribution in [0.1, 0.15) is 21.5 Å². The zero-order valence-electron chi connectivity index (χ0n) is 9.54. The van der Waals surface area contributed by atoms with E-state index in [0.29, 0.717) is 17.1 Å². The Balaban J connectivity index is 2.08. The van der Waals surface area contributed by atoms with E-state index in [2.05, 4.69) is 10.3 Å². The van der Waals surface area contributed by atoms with Crippen LogP contribution < -0.4 is 5.32 Å². The standard InChI is InChI=1S/C12H10Cl2N2OS/c1-7-5-18-6-8(7)3-16-12(17)9-2-11(14)15-4-10(9)13/h2,4-6H,3H2,1H3,(H,16,17). The fourth-order valence-corrected chi connectivity index (χ4v) is 2.63. The number of aromatic nitrogens is 1. The summed E-state index contributed by atoms with van der Waals surface area (Å²) in [5.74, 6) is -0.255. The van der Waals surface area contributed by atoms with Gasteiger partial charge in [-0.2, -0.15) is 11.3 Å². The second kappa shape index (κ2) is 5.69. The van der Waals surface area contributed by atoms with Gasteiger partial charge in [0, 0.05) is 12.7 Å². The quantitative estimate of drug-likeness (QED) is 0.879. The summed E-state index contributed by atoms with van der Waals surface area (Å²) in [5.41, 5.74) is 2.60. The lowest BCUT2D eigenvalue weighted by atomic mass is 10.2. The topological polar surface area (TPSA) is 42.0 Å². The summed E-state index contributed by atoms with van der Waals surface area (Å²) in [6.45, 7) is 2.48. The molecule has 1 N–H and O–H groups in total. The second-order valence-electron chi connectivity index (χ2n) is 3.75. The van der Waals surface area contributed by atoms with E-state index in [0.717, 1.165) is 5.56 Å². The van der Waals surface area contributed by atoms with E-state index in [1.165, 1.54) is 17.8 Å². The summed E-state index contributed by atoms with van der Waals surface area (Å²) < 4.78 is 0. The average molecular weight is 301 g/mol. The summed E-state index contributed by atoms with van der Waals surface area (Å²) in [6, 6.07) is 1.46. The van der Waals surface area contributed by atoms with Gasteiger partial charge >= 0.3 is 0 Å². The van der Waals surface area contributed by atoms with Gasteiger partial charge in [-0.05, 0) is 34.9 Å². The largest absolute Gasteiger partial charge is 0.348 e. The number of rotatable bonds is 3. The number of aryl methyl sites for hydroxylation is 1. The van der Waals surface area contributed by atoms with Crippen LogP contribution in [0.15, 0.2) is 23.0 Å². The first-order chi connectivity index (χ1) is 8.58. The number of hydrogen-bond donors (Lipinski definition) is 1. The van der Waals surface area contributed by atoms with Crippen LogP contribution in [-0.4, -0.2) is 10.9 Å². The van der Waals surface area contributed by atoms with Crippen molar-refractivity contribution in [1.82, 2.24) is 10.3 Å². The average Bonchev–Trinajstić information content (AvgIpc) is 2.75. The Morgan fingerprint density at radius 3 is 2.89 bits per heavy atom. The number of nitrogens with zero attached hydrogens (tertiary/aromatic N) is 1. The number of nitrogens with one attached hydrogen (secondary N) is 1. The van der Waals surface area contributed by atoms with Crippen LogP contribution in [0.3, 0.4) is 0 Å². The molecule has 0 fully saturated rings. The number of carbonyl (C=O) groups is 1. The van der Waals surface area contributed by atoms with Gasteiger partial charge in [-0.25, -0.2) is 4.98 Å². The highest BCUT2D eigenvalue weighted by atomic mass is 35.5. The Labute approximate surface area is 119 Å². The minimum atomic E-state index is -0.255. The minimum absolute atomic E-state index is 0.247. The van der Waals surface area contributed by atoms with Crippen molar-refractivity contribution in [1.29, 1.82) is 0 Å². The zero-order valence-corrected chi connectivity index (χ0v) is 11.9. The molecule has 0 aliphatic heterocycles. The van der Waals surface area contributed by atoms with Crippen LogP contribution in [0.25, 0.3) is 0 Å². The van der Waals surface area contributed by atoms with Crippen molar-refractivity contribution < 1.29 is 4.79 Å². The number of amides is 1. The van der Waals surface area contributed by atoms with Crippen molar-refractivity contribution in [2.24, 2.45) is 0 Å². The lowest BCUT2D eigenvalue weighted by Gasteiger charge is -2.06. The van der Waals surface area contributed by atoms with Gasteiger partial charge in [-0.15, -0.1) is 0 Å². The van der Waals surface area contributed by atoms with Crippen molar-refractivity contribution in [2.45, 2.75) is 13.5 Å². The normalized spacial score (nSPS) is 10.4. The molecule has 6 heteroatoms. The van der Waals surface area contributed by atoms with Crippen molar-refractivity contribution in [2.75, 3.05) is 0 Å². The van der Waals surface area contributed by atoms with E-state index >= 15 is 0 Å². The molecule has 0 unspecified atom stereocenters. The van der Waals surface area contributed by atoms with E-state index < -0.39 is 0 Å². The molecule has 1 amide bonds. The molecule has 0 aliphatic carbocycles. The Hall–Kier alpha value is -1.10. The molecule has 0 radical (unpaired) electrons. The van der Waals surface area contributed by atoms with Gasteiger partial charge in [-0.1, -0.05) is 23.2 Å². The van der Waals surface area contributed by atoms with Crippen LogP contribution in [0.4, 0.5) is 0 Å². The predicted octanol–water partition coefficient (Wildman–Crippen LogP) is 3.69. The Kier molecular flexibility index (Phi) is 4.22. The first kappa shape index (κ1) is 13.3. The first-order valence-electron chi connectivity index (χ1n) is 5.19. The molecule has 0 saturated carbocycles. The van der Waals surface area contributed by atoms with Gasteiger partial charge in [0.1, 0.15) is 5.15 Å². The lowest BCUT2D eigenvalue weighted by molar-refractivity contribution is 0.0951. The number of hydrogen-bond acceptors (Lipinski definition) is 3. The van der Waals surface area contributed by atoms with E-state index in [4.69, 9.17) is 23.2 Å². The highest BCUT2D eigenvalue weighted by molar-refractivity contribution is 7.08. The summed E-state index contributed by atoms with van der Waals surface area (Å²) in [6.07, 6.45) is 1.37. The summed E-state index contributed by atoms with van der Waals surface area (Å²) in [4.78, 5) is 15.7. The van der Waals surface area contributed by atoms with Crippen molar-refractivity contribution in [3.63, 3.8) is 0 Å². The molecule has 2 aromatic rings. The van der Waals surface area contributed by atoms with Crippen molar-refractivity contribution >= 4 is 40.4 Å². The van der Waals surface area contributed by atoms with Gasteiger partial charge in [0.05, 0.1) is 10.6 Å². The summed E-state index contributed by atoms with van der Waals surface area (Å²) in [5, 5.41) is 7.39. The molecular formula is C12H10Cl2N2OS. The molecule has 94 valence electrons. The van der Waals surface area contributed by atoms with E-state index in [9.17, 15) is 4.79 Å². The molecule has 0 bridgehead atoms. The van der Waals surface area contributed by atoms with Crippen LogP contribution in [-0.2, 0) is 6.54 Å². The highest BCUT2D eigenvalue weighted by Crippen LogP contribution is 2.18. The fourth-order valence-electron chi connectivity index (χ4n) is 1.43. The maximum absolute atomic E-state index is 11.9. The van der Waals surface area contributed by atoms with E-state index in [1.54, 1.807) is 11.3 Å². The summed E-state index contributed by atoms with van der Waals surface area (Å²) in [7, 11) is 0. The molecule has 2 rings (SSSR count). The SMILES string of the molecule is Cc1cscc1CNC(=O)c1cc(Cl)ncc1Cl. The monoisotopic (exact) mass is 300 g/mol. The Morgan fingerprint density at radius 1 is 1.44 bits per heavy atom. The number of carbonyl (C=O) groups excluding carboxylic acids is 1. The van der Waals surface area contributed by atoms with Gasteiger partial charge in [0.15, 0.2) is 0 Å².